The number of aromatic nitrogens is 3. The predicted molar refractivity (Wildman–Crippen MR) is 365 cm³/mol. The molecule has 0 aliphatic rings. The van der Waals surface area contributed by atoms with E-state index in [1.807, 2.05) is 72.8 Å². The third kappa shape index (κ3) is 23.8. The summed E-state index contributed by atoms with van der Waals surface area (Å²) in [4.78, 5) is 136. The molecule has 6 aromatic rings. The van der Waals surface area contributed by atoms with Crippen molar-refractivity contribution in [1.29, 1.82) is 0 Å². The molecule has 0 aliphatic carbocycles. The first-order chi connectivity index (χ1) is 45.2. The van der Waals surface area contributed by atoms with E-state index in [-0.39, 0.29) is 101 Å². The molecule has 0 saturated heterocycles. The number of aliphatic imine (C=N–C) groups is 3. The summed E-state index contributed by atoms with van der Waals surface area (Å²) in [5.41, 5.74) is 50.1. The summed E-state index contributed by atoms with van der Waals surface area (Å²) < 4.78 is 0. The Labute approximate surface area is 546 Å². The summed E-state index contributed by atoms with van der Waals surface area (Å²) in [5, 5.41) is 22.1. The van der Waals surface area contributed by atoms with Gasteiger partial charge in [-0.25, -0.2) is 0 Å². The minimum Gasteiger partial charge on any atom is -0.370 e. The van der Waals surface area contributed by atoms with E-state index in [0.29, 0.717) is 48.9 Å². The maximum atomic E-state index is 15.2. The highest BCUT2D eigenvalue weighted by atomic mass is 16.2. The number of fused-ring (bicyclic) bond motifs is 3. The Kier molecular flexibility index (Phi) is 29.4. The van der Waals surface area contributed by atoms with Crippen molar-refractivity contribution in [2.75, 3.05) is 26.2 Å². The number of rotatable bonds is 42. The molecule has 29 heteroatoms. The van der Waals surface area contributed by atoms with Crippen LogP contribution < -0.4 is 83.1 Å². The van der Waals surface area contributed by atoms with E-state index in [1.165, 1.54) is 0 Å². The first-order valence-electron chi connectivity index (χ1n) is 32.2. The zero-order chi connectivity index (χ0) is 67.9. The summed E-state index contributed by atoms with van der Waals surface area (Å²) in [7, 11) is 0. The van der Waals surface area contributed by atoms with Crippen LogP contribution in [0.2, 0.25) is 0 Å². The van der Waals surface area contributed by atoms with Crippen LogP contribution in [0.1, 0.15) is 120 Å². The van der Waals surface area contributed by atoms with Crippen LogP contribution in [0.25, 0.3) is 32.7 Å². The zero-order valence-corrected chi connectivity index (χ0v) is 53.5. The van der Waals surface area contributed by atoms with Crippen LogP contribution in [-0.4, -0.2) is 149 Å². The molecule has 0 bridgehead atoms. The fourth-order valence-electron chi connectivity index (χ4n) is 11.0. The molecular formula is C65H95N21O8. The second-order valence-electron chi connectivity index (χ2n) is 23.4. The molecule has 3 heterocycles. The highest BCUT2D eigenvalue weighted by molar-refractivity contribution is 5.99. The number of nitrogens with one attached hydrogen (secondary N) is 10. The summed E-state index contributed by atoms with van der Waals surface area (Å²) in [5.74, 6) is -6.03. The number of benzene rings is 3. The summed E-state index contributed by atoms with van der Waals surface area (Å²) in [6.45, 7) is 2.79. The van der Waals surface area contributed by atoms with Crippen LogP contribution in [0.4, 0.5) is 0 Å². The number of hydrogen-bond acceptors (Lipinski definition) is 12. The Balaban J connectivity index is 1.28. The fourth-order valence-corrected chi connectivity index (χ4v) is 11.0. The first kappa shape index (κ1) is 72.9. The van der Waals surface area contributed by atoms with Crippen LogP contribution >= 0.6 is 0 Å². The standard InChI is InChI=1S/C65H95N21O8/c1-2-3-4-5-6-28-55(87)74-29-14-13-25-49(56(67)88)81-60(92)53(34-40-37-79-47-23-11-8-19-43(40)47)85-58(90)51(27-17-32-77-65(72)73)83-62(94)54(35-41-38-80-48-24-12-9-20-44(41)48)86-59(91)50(26-16-31-76-64(70)71)82-61(93)52(33-39-36-78-46-22-10-7-18-42(39)46)84-57(89)45(66)21-15-30-75-63(68)69/h7-12,18-20,22-24,36-38,45,49-54,78-80H,2-6,13-17,21,25-35,66H2,1H3,(H2,67,88)(H,74,87)(H,81,92)(H,82,93)(H,83,94)(H,84,89)(H,85,90)(H,86,91)(H4,68,69,75)(H4,70,71,76)(H4,72,73,77)/t45-,49+,50-,51+,52+,53+,54-/m1/s1. The van der Waals surface area contributed by atoms with Gasteiger partial charge in [-0.15, -0.1) is 0 Å². The van der Waals surface area contributed by atoms with E-state index < -0.39 is 83.6 Å². The Hall–Kier alpha value is -10.2. The number of aromatic amines is 3. The van der Waals surface area contributed by atoms with E-state index in [2.05, 4.69) is 74.1 Å². The average Bonchev–Trinajstić information content (AvgIpc) is 1.67. The highest BCUT2D eigenvalue weighted by Gasteiger charge is 2.35. The SMILES string of the molecule is CCCCCCCC(=O)NCCCC[C@H](NC(=O)[C@H](Cc1c[nH]c2ccccc12)NC(=O)[C@H](CCCN=C(N)N)NC(=O)[C@@H](Cc1c[nH]c2ccccc12)NC(=O)[C@@H](CCCN=C(N)N)NC(=O)[C@H](Cc1c[nH]c2ccccc12)NC(=O)[C@H](N)CCCN=C(N)N)C(N)=O. The molecule has 7 atom stereocenters. The van der Waals surface area contributed by atoms with Gasteiger partial charge in [0.2, 0.25) is 47.3 Å². The average molecular weight is 1300 g/mol. The number of para-hydroxylation sites is 3. The van der Waals surface area contributed by atoms with Gasteiger partial charge < -0.3 is 98.0 Å². The Morgan fingerprint density at radius 1 is 0.404 bits per heavy atom. The highest BCUT2D eigenvalue weighted by Crippen LogP contribution is 2.23. The van der Waals surface area contributed by atoms with Crippen LogP contribution in [-0.2, 0) is 57.6 Å². The topological polar surface area (TPSA) is 513 Å². The van der Waals surface area contributed by atoms with Crippen molar-refractivity contribution in [1.82, 2.24) is 52.2 Å². The molecule has 508 valence electrons. The number of unbranched alkanes of at least 4 members (excludes halogenated alkanes) is 5. The minimum absolute atomic E-state index is 0.0358. The monoisotopic (exact) mass is 1300 g/mol. The van der Waals surface area contributed by atoms with Crippen molar-refractivity contribution >= 4 is 97.8 Å². The fraction of sp³-hybridized carbons (Fsp3) is 0.462. The number of carbonyl (C=O) groups is 8. The molecule has 8 amide bonds. The first-order valence-corrected chi connectivity index (χ1v) is 32.2. The number of carbonyl (C=O) groups excluding carboxylic acids is 8. The lowest BCUT2D eigenvalue weighted by Gasteiger charge is -2.28. The molecule has 26 N–H and O–H groups in total. The van der Waals surface area contributed by atoms with Crippen molar-refractivity contribution in [2.24, 2.45) is 60.8 Å². The van der Waals surface area contributed by atoms with Crippen molar-refractivity contribution in [3.05, 3.63) is 108 Å². The third-order valence-corrected chi connectivity index (χ3v) is 16.1. The van der Waals surface area contributed by atoms with Gasteiger partial charge in [-0.2, -0.15) is 0 Å². The van der Waals surface area contributed by atoms with Gasteiger partial charge in [-0.3, -0.25) is 53.3 Å². The number of amides is 8. The molecule has 94 heavy (non-hydrogen) atoms. The molecule has 6 rings (SSSR count). The smallest absolute Gasteiger partial charge is 0.243 e. The van der Waals surface area contributed by atoms with E-state index in [0.717, 1.165) is 64.8 Å². The molecular weight excluding hydrogens is 1200 g/mol. The summed E-state index contributed by atoms with van der Waals surface area (Å²) >= 11 is 0. The quantitative estimate of drug-likeness (QED) is 0.0142. The van der Waals surface area contributed by atoms with Gasteiger partial charge in [0.05, 0.1) is 6.04 Å². The second-order valence-corrected chi connectivity index (χ2v) is 23.4. The molecule has 0 aliphatic heterocycles. The van der Waals surface area contributed by atoms with Crippen molar-refractivity contribution in [2.45, 2.75) is 165 Å². The molecule has 0 fully saturated rings. The van der Waals surface area contributed by atoms with Crippen molar-refractivity contribution in [3.63, 3.8) is 0 Å². The zero-order valence-electron chi connectivity index (χ0n) is 53.5. The molecule has 3 aromatic carbocycles. The Morgan fingerprint density at radius 2 is 0.755 bits per heavy atom. The van der Waals surface area contributed by atoms with Crippen LogP contribution in [0.5, 0.6) is 0 Å². The number of guanidine groups is 3. The third-order valence-electron chi connectivity index (χ3n) is 16.1. The van der Waals surface area contributed by atoms with Crippen LogP contribution in [0.3, 0.4) is 0 Å². The number of hydrogen-bond donors (Lipinski definition) is 18. The van der Waals surface area contributed by atoms with Crippen molar-refractivity contribution in [3.8, 4) is 0 Å². The Bertz CT molecular complexity index is 3560. The normalized spacial score (nSPS) is 13.4. The lowest BCUT2D eigenvalue weighted by molar-refractivity contribution is -0.135. The van der Waals surface area contributed by atoms with E-state index in [4.69, 9.17) is 45.9 Å². The van der Waals surface area contributed by atoms with E-state index >= 15 is 14.4 Å². The molecule has 0 spiro atoms. The second kappa shape index (κ2) is 38.0. The van der Waals surface area contributed by atoms with Gasteiger partial charge in [0, 0.05) is 103 Å². The van der Waals surface area contributed by atoms with E-state index in [1.54, 1.807) is 18.6 Å². The maximum absolute atomic E-state index is 15.2. The number of nitrogens with zero attached hydrogens (tertiary/aromatic N) is 3. The summed E-state index contributed by atoms with van der Waals surface area (Å²) in [6.07, 6.45) is 12.1. The molecule has 0 radical (unpaired) electrons. The lowest BCUT2D eigenvalue weighted by atomic mass is 10.0. The van der Waals surface area contributed by atoms with E-state index in [9.17, 15) is 24.0 Å². The molecule has 0 saturated carbocycles. The largest absolute Gasteiger partial charge is 0.370 e. The minimum atomic E-state index is -1.46. The van der Waals surface area contributed by atoms with Gasteiger partial charge in [-0.1, -0.05) is 87.2 Å². The molecule has 0 unspecified atom stereocenters. The van der Waals surface area contributed by atoms with Gasteiger partial charge in [0.25, 0.3) is 0 Å². The summed E-state index contributed by atoms with van der Waals surface area (Å²) in [6, 6.07) is 12.9. The predicted octanol–water partition coefficient (Wildman–Crippen LogP) is 0.688. The van der Waals surface area contributed by atoms with Gasteiger partial charge >= 0.3 is 0 Å². The van der Waals surface area contributed by atoms with Crippen LogP contribution in [0, 0.1) is 0 Å². The maximum Gasteiger partial charge on any atom is 0.243 e. The van der Waals surface area contributed by atoms with Crippen molar-refractivity contribution < 1.29 is 38.4 Å². The van der Waals surface area contributed by atoms with Gasteiger partial charge in [0.15, 0.2) is 17.9 Å². The number of nitrogens with two attached hydrogens (primary N) is 8. The molecule has 3 aromatic heterocycles. The van der Waals surface area contributed by atoms with Crippen LogP contribution in [0.15, 0.2) is 106 Å². The number of primary amides is 1. The Morgan fingerprint density at radius 3 is 1.16 bits per heavy atom. The molecule has 29 nitrogen and oxygen atoms in total. The van der Waals surface area contributed by atoms with Gasteiger partial charge in [0.1, 0.15) is 36.3 Å². The van der Waals surface area contributed by atoms with Gasteiger partial charge in [-0.05, 0) is 99.1 Å². The number of H-pyrrole nitrogens is 3. The lowest BCUT2D eigenvalue weighted by Crippen LogP contribution is -2.60.